The van der Waals surface area contributed by atoms with Crippen LogP contribution >= 0.6 is 0 Å². The number of aryl methyl sites for hydroxylation is 1. The second kappa shape index (κ2) is 5.88. The molecule has 4 rings (SSSR count). The van der Waals surface area contributed by atoms with Crippen LogP contribution in [-0.4, -0.2) is 30.6 Å². The van der Waals surface area contributed by atoms with Crippen molar-refractivity contribution < 1.29 is 9.21 Å². The molecule has 8 heteroatoms. The number of fused-ring (bicyclic) bond motifs is 1. The summed E-state index contributed by atoms with van der Waals surface area (Å²) >= 11 is 0. The number of nitrogens with zero attached hydrogens (tertiary/aromatic N) is 5. The highest BCUT2D eigenvalue weighted by molar-refractivity contribution is 6.01. The second-order valence-corrected chi connectivity index (χ2v) is 5.79. The molecule has 122 valence electrons. The Labute approximate surface area is 138 Å². The molecule has 0 bridgehead atoms. The van der Waals surface area contributed by atoms with Crippen molar-refractivity contribution in [3.63, 3.8) is 0 Å². The van der Waals surface area contributed by atoms with E-state index in [4.69, 9.17) is 4.42 Å². The van der Waals surface area contributed by atoms with Crippen molar-refractivity contribution in [1.82, 2.24) is 24.7 Å². The van der Waals surface area contributed by atoms with Crippen molar-refractivity contribution in [3.05, 3.63) is 54.3 Å². The van der Waals surface area contributed by atoms with Gasteiger partial charge in [0.15, 0.2) is 5.76 Å². The number of amides is 1. The minimum Gasteiger partial charge on any atom is -0.459 e. The van der Waals surface area contributed by atoms with Gasteiger partial charge in [0.1, 0.15) is 12.2 Å². The van der Waals surface area contributed by atoms with Gasteiger partial charge in [-0.1, -0.05) is 0 Å². The molecule has 24 heavy (non-hydrogen) atoms. The van der Waals surface area contributed by atoms with E-state index in [9.17, 15) is 4.79 Å². The quantitative estimate of drug-likeness (QED) is 0.793. The molecule has 2 atom stereocenters. The molecule has 8 nitrogen and oxygen atoms in total. The number of anilines is 1. The monoisotopic (exact) mass is 324 g/mol. The molecule has 1 aliphatic rings. The van der Waals surface area contributed by atoms with Gasteiger partial charge < -0.3 is 4.42 Å². The summed E-state index contributed by atoms with van der Waals surface area (Å²) in [5.41, 5.74) is 1.09. The molecular weight excluding hydrogens is 308 g/mol. The summed E-state index contributed by atoms with van der Waals surface area (Å²) in [7, 11) is 0. The normalized spacial score (nSPS) is 19.7. The van der Waals surface area contributed by atoms with Gasteiger partial charge in [-0.2, -0.15) is 4.98 Å². The summed E-state index contributed by atoms with van der Waals surface area (Å²) < 4.78 is 6.95. The highest BCUT2D eigenvalue weighted by Gasteiger charge is 2.30. The fourth-order valence-corrected chi connectivity index (χ4v) is 3.12. The molecule has 0 radical (unpaired) electrons. The molecule has 0 aliphatic carbocycles. The lowest BCUT2D eigenvalue weighted by molar-refractivity contribution is 0.0995. The van der Waals surface area contributed by atoms with Crippen LogP contribution in [0.1, 0.15) is 47.2 Å². The lowest BCUT2D eigenvalue weighted by Crippen LogP contribution is -2.24. The second-order valence-electron chi connectivity index (χ2n) is 5.79. The average Bonchev–Trinajstić information content (AvgIpc) is 3.25. The topological polar surface area (TPSA) is 98.7 Å². The predicted molar refractivity (Wildman–Crippen MR) is 84.5 cm³/mol. The van der Waals surface area contributed by atoms with E-state index in [0.29, 0.717) is 5.95 Å². The maximum Gasteiger partial charge on any atom is 0.293 e. The number of hydrogen-bond donors (Lipinski definition) is 1. The molecule has 1 aliphatic heterocycles. The van der Waals surface area contributed by atoms with Crippen molar-refractivity contribution in [1.29, 1.82) is 0 Å². The van der Waals surface area contributed by atoms with Crippen molar-refractivity contribution >= 4 is 11.9 Å². The van der Waals surface area contributed by atoms with Crippen LogP contribution in [0.2, 0.25) is 0 Å². The van der Waals surface area contributed by atoms with E-state index in [1.807, 2.05) is 17.1 Å². The zero-order valence-electron chi connectivity index (χ0n) is 13.1. The summed E-state index contributed by atoms with van der Waals surface area (Å²) in [6.45, 7) is 2.09. The van der Waals surface area contributed by atoms with Gasteiger partial charge in [-0.05, 0) is 31.0 Å². The van der Waals surface area contributed by atoms with Gasteiger partial charge in [0.25, 0.3) is 5.91 Å². The third kappa shape index (κ3) is 2.55. The predicted octanol–water partition coefficient (Wildman–Crippen LogP) is 2.20. The fraction of sp³-hybridized carbons (Fsp3) is 0.312. The van der Waals surface area contributed by atoms with Gasteiger partial charge in [0, 0.05) is 24.7 Å². The Kier molecular flexibility index (Phi) is 3.56. The molecule has 0 saturated heterocycles. The summed E-state index contributed by atoms with van der Waals surface area (Å²) in [6.07, 6.45) is 8.40. The molecule has 0 fully saturated rings. The van der Waals surface area contributed by atoms with E-state index in [1.165, 1.54) is 12.6 Å². The third-order valence-electron chi connectivity index (χ3n) is 4.33. The Balaban J connectivity index is 1.56. The summed E-state index contributed by atoms with van der Waals surface area (Å²) in [5, 5.41) is 7.12. The summed E-state index contributed by atoms with van der Waals surface area (Å²) in [5.74, 6) is 1.31. The Hall–Kier alpha value is -3.03. The lowest BCUT2D eigenvalue weighted by Gasteiger charge is -2.29. The van der Waals surface area contributed by atoms with Crippen LogP contribution in [-0.2, 0) is 6.42 Å². The first-order valence-corrected chi connectivity index (χ1v) is 7.77. The van der Waals surface area contributed by atoms with Crippen molar-refractivity contribution in [3.8, 4) is 0 Å². The lowest BCUT2D eigenvalue weighted by atomic mass is 9.87. The number of aromatic nitrogens is 5. The smallest absolute Gasteiger partial charge is 0.293 e. The van der Waals surface area contributed by atoms with Gasteiger partial charge in [-0.3, -0.25) is 10.1 Å². The SMILES string of the molecule is CC1C(c2cncnc2)CCc2nc(NC(=O)c3ccco3)nn21. The van der Waals surface area contributed by atoms with Crippen molar-refractivity contribution in [2.75, 3.05) is 5.32 Å². The molecule has 1 N–H and O–H groups in total. The number of nitrogens with one attached hydrogen (secondary N) is 1. The molecule has 3 aromatic rings. The molecular formula is C16H16N6O2. The van der Waals surface area contributed by atoms with E-state index >= 15 is 0 Å². The zero-order chi connectivity index (χ0) is 16.5. The molecule has 2 unspecified atom stereocenters. The summed E-state index contributed by atoms with van der Waals surface area (Å²) in [6, 6.07) is 3.37. The van der Waals surface area contributed by atoms with Crippen LogP contribution in [0.5, 0.6) is 0 Å². The Morgan fingerprint density at radius 3 is 2.96 bits per heavy atom. The van der Waals surface area contributed by atoms with E-state index < -0.39 is 0 Å². The van der Waals surface area contributed by atoms with Crippen LogP contribution in [0, 0.1) is 0 Å². The van der Waals surface area contributed by atoms with Crippen LogP contribution in [0.3, 0.4) is 0 Å². The first kappa shape index (κ1) is 14.6. The Bertz CT molecular complexity index is 843. The van der Waals surface area contributed by atoms with E-state index in [0.717, 1.165) is 24.2 Å². The number of rotatable bonds is 3. The van der Waals surface area contributed by atoms with E-state index in [-0.39, 0.29) is 23.6 Å². The van der Waals surface area contributed by atoms with E-state index in [1.54, 1.807) is 12.1 Å². The Morgan fingerprint density at radius 2 is 2.21 bits per heavy atom. The van der Waals surface area contributed by atoms with Crippen LogP contribution in [0.25, 0.3) is 0 Å². The van der Waals surface area contributed by atoms with E-state index in [2.05, 4.69) is 32.3 Å². The van der Waals surface area contributed by atoms with Crippen molar-refractivity contribution in [2.24, 2.45) is 0 Å². The highest BCUT2D eigenvalue weighted by atomic mass is 16.3. The summed E-state index contributed by atoms with van der Waals surface area (Å²) in [4.78, 5) is 24.7. The Morgan fingerprint density at radius 1 is 1.38 bits per heavy atom. The van der Waals surface area contributed by atoms with Crippen molar-refractivity contribution in [2.45, 2.75) is 31.7 Å². The maximum absolute atomic E-state index is 12.0. The molecule has 0 saturated carbocycles. The molecule has 0 aromatic carbocycles. The van der Waals surface area contributed by atoms with Gasteiger partial charge in [-0.25, -0.2) is 14.6 Å². The van der Waals surface area contributed by atoms with Crippen LogP contribution < -0.4 is 5.32 Å². The van der Waals surface area contributed by atoms with Crippen LogP contribution in [0.4, 0.5) is 5.95 Å². The van der Waals surface area contributed by atoms with Gasteiger partial charge in [0.2, 0.25) is 5.95 Å². The average molecular weight is 324 g/mol. The highest BCUT2D eigenvalue weighted by Crippen LogP contribution is 2.36. The molecule has 4 heterocycles. The van der Waals surface area contributed by atoms with Gasteiger partial charge >= 0.3 is 0 Å². The number of hydrogen-bond acceptors (Lipinski definition) is 6. The minimum absolute atomic E-state index is 0.113. The van der Waals surface area contributed by atoms with Crippen LogP contribution in [0.15, 0.2) is 41.5 Å². The maximum atomic E-state index is 12.0. The standard InChI is InChI=1S/C16H16N6O2/c1-10-12(11-7-17-9-18-8-11)4-5-14-19-16(21-22(10)14)20-15(23)13-3-2-6-24-13/h2-3,6-10,12H,4-5H2,1H3,(H,20,21,23). The first-order chi connectivity index (χ1) is 11.7. The third-order valence-corrected chi connectivity index (χ3v) is 4.33. The number of carbonyl (C=O) groups excluding carboxylic acids is 1. The zero-order valence-corrected chi connectivity index (χ0v) is 13.1. The van der Waals surface area contributed by atoms with Gasteiger partial charge in [0.05, 0.1) is 12.3 Å². The molecule has 1 amide bonds. The first-order valence-electron chi connectivity index (χ1n) is 7.77. The van der Waals surface area contributed by atoms with Gasteiger partial charge in [-0.15, -0.1) is 5.10 Å². The number of furan rings is 1. The molecule has 0 spiro atoms. The molecule has 3 aromatic heterocycles. The minimum atomic E-state index is -0.358. The largest absolute Gasteiger partial charge is 0.459 e. The fourth-order valence-electron chi connectivity index (χ4n) is 3.12. The number of carbonyl (C=O) groups is 1.